The summed E-state index contributed by atoms with van der Waals surface area (Å²) in [6.07, 6.45) is 6.57. The molecule has 4 aromatic heterocycles. The van der Waals surface area contributed by atoms with Gasteiger partial charge in [-0.1, -0.05) is 0 Å². The highest BCUT2D eigenvalue weighted by molar-refractivity contribution is 5.54. The van der Waals surface area contributed by atoms with E-state index >= 15 is 0 Å². The molecule has 0 saturated carbocycles. The summed E-state index contributed by atoms with van der Waals surface area (Å²) in [6.45, 7) is 0.578. The molecule has 26 heavy (non-hydrogen) atoms. The zero-order valence-electron chi connectivity index (χ0n) is 13.5. The van der Waals surface area contributed by atoms with Crippen molar-refractivity contribution in [3.63, 3.8) is 0 Å². The Balaban J connectivity index is 1.69. The summed E-state index contributed by atoms with van der Waals surface area (Å²) >= 11 is 0. The molecule has 0 aliphatic carbocycles. The van der Waals surface area contributed by atoms with Crippen molar-refractivity contribution in [2.75, 3.05) is 11.4 Å². The number of nitrogens with one attached hydrogen (secondary N) is 1. The summed E-state index contributed by atoms with van der Waals surface area (Å²) < 4.78 is 29.2. The number of imidazole rings is 1. The summed E-state index contributed by atoms with van der Waals surface area (Å²) in [7, 11) is 0. The van der Waals surface area contributed by atoms with Crippen LogP contribution in [0.25, 0.3) is 5.52 Å². The lowest BCUT2D eigenvalue weighted by molar-refractivity contribution is 0.558. The molecule has 4 aromatic rings. The molecule has 1 atom stereocenters. The largest absolute Gasteiger partial charge is 0.348 e. The van der Waals surface area contributed by atoms with Crippen molar-refractivity contribution in [3.8, 4) is 0 Å². The van der Waals surface area contributed by atoms with Gasteiger partial charge in [-0.15, -0.1) is 0 Å². The fraction of sp³-hybridized carbons (Fsp3) is 0.176. The van der Waals surface area contributed by atoms with Gasteiger partial charge in [-0.05, 0) is 18.2 Å². The molecule has 0 aromatic carbocycles. The molecule has 0 radical (unpaired) electrons. The van der Waals surface area contributed by atoms with E-state index in [9.17, 15) is 8.78 Å². The Hall–Kier alpha value is -3.36. The van der Waals surface area contributed by atoms with Gasteiger partial charge in [-0.2, -0.15) is 14.5 Å². The second kappa shape index (κ2) is 5.58. The van der Waals surface area contributed by atoms with Gasteiger partial charge >= 0.3 is 0 Å². The maximum atomic E-state index is 14.1. The summed E-state index contributed by atoms with van der Waals surface area (Å²) in [5.41, 5.74) is 2.73. The third-order valence-electron chi connectivity index (χ3n) is 4.56. The lowest BCUT2D eigenvalue weighted by atomic mass is 10.00. The Morgan fingerprint density at radius 1 is 1.23 bits per heavy atom. The van der Waals surface area contributed by atoms with E-state index in [0.717, 1.165) is 17.6 Å². The molecule has 1 N–H and O–H groups in total. The summed E-state index contributed by atoms with van der Waals surface area (Å²) in [5.74, 6) is -0.627. The minimum absolute atomic E-state index is 0.360. The number of aromatic nitrogens is 6. The minimum atomic E-state index is -0.657. The predicted molar refractivity (Wildman–Crippen MR) is 88.6 cm³/mol. The quantitative estimate of drug-likeness (QED) is 0.598. The molecule has 0 spiro atoms. The van der Waals surface area contributed by atoms with E-state index in [1.54, 1.807) is 24.7 Å². The van der Waals surface area contributed by atoms with Crippen LogP contribution in [0.1, 0.15) is 23.1 Å². The van der Waals surface area contributed by atoms with Gasteiger partial charge in [0.2, 0.25) is 5.95 Å². The Morgan fingerprint density at radius 2 is 2.15 bits per heavy atom. The molecular formula is C17H13F2N7. The van der Waals surface area contributed by atoms with Crippen LogP contribution in [0, 0.1) is 11.8 Å². The van der Waals surface area contributed by atoms with Crippen LogP contribution in [0.5, 0.6) is 0 Å². The smallest absolute Gasteiger partial charge is 0.233 e. The van der Waals surface area contributed by atoms with Crippen LogP contribution in [-0.4, -0.2) is 36.1 Å². The number of fused-ring (bicyclic) bond motifs is 2. The normalized spacial score (nSPS) is 16.8. The first-order chi connectivity index (χ1) is 12.7. The third-order valence-corrected chi connectivity index (χ3v) is 4.56. The van der Waals surface area contributed by atoms with Crippen molar-refractivity contribution in [1.82, 2.24) is 29.5 Å². The molecule has 0 bridgehead atoms. The molecule has 1 aliphatic rings. The fourth-order valence-corrected chi connectivity index (χ4v) is 3.43. The maximum Gasteiger partial charge on any atom is 0.233 e. The van der Waals surface area contributed by atoms with E-state index in [2.05, 4.69) is 25.0 Å². The van der Waals surface area contributed by atoms with Crippen molar-refractivity contribution in [1.29, 1.82) is 0 Å². The number of H-pyrrole nitrogens is 1. The van der Waals surface area contributed by atoms with Gasteiger partial charge in [0.15, 0.2) is 5.82 Å². The minimum Gasteiger partial charge on any atom is -0.348 e. The van der Waals surface area contributed by atoms with E-state index in [1.807, 2.05) is 4.90 Å². The highest BCUT2D eigenvalue weighted by atomic mass is 19.1. The van der Waals surface area contributed by atoms with Gasteiger partial charge in [-0.3, -0.25) is 4.98 Å². The SMILES string of the molecule is Fc1cncc(N2CCc3[nH]cnc3[C@H]2c2cc3c(F)cccn3n2)n1. The lowest BCUT2D eigenvalue weighted by Gasteiger charge is -2.34. The van der Waals surface area contributed by atoms with E-state index < -0.39 is 12.0 Å². The molecule has 7 nitrogen and oxygen atoms in total. The lowest BCUT2D eigenvalue weighted by Crippen LogP contribution is -2.37. The first kappa shape index (κ1) is 14.9. The number of pyridine rings is 1. The van der Waals surface area contributed by atoms with E-state index in [4.69, 9.17) is 0 Å². The average Bonchev–Trinajstić information content (AvgIpc) is 3.28. The first-order valence-corrected chi connectivity index (χ1v) is 8.11. The predicted octanol–water partition coefficient (Wildman–Crippen LogP) is 2.28. The number of nitrogens with zero attached hydrogens (tertiary/aromatic N) is 6. The monoisotopic (exact) mass is 353 g/mol. The molecule has 0 unspecified atom stereocenters. The second-order valence-electron chi connectivity index (χ2n) is 6.07. The fourth-order valence-electron chi connectivity index (χ4n) is 3.43. The van der Waals surface area contributed by atoms with Crippen molar-refractivity contribution in [3.05, 3.63) is 72.0 Å². The van der Waals surface area contributed by atoms with Gasteiger partial charge in [0.25, 0.3) is 0 Å². The molecule has 5 heterocycles. The summed E-state index contributed by atoms with van der Waals surface area (Å²) in [6, 6.07) is 4.25. The number of hydrogen-bond acceptors (Lipinski definition) is 5. The van der Waals surface area contributed by atoms with Crippen LogP contribution < -0.4 is 4.90 Å². The number of anilines is 1. The van der Waals surface area contributed by atoms with E-state index in [1.165, 1.54) is 16.8 Å². The number of aromatic amines is 1. The summed E-state index contributed by atoms with van der Waals surface area (Å²) in [4.78, 5) is 17.3. The first-order valence-electron chi connectivity index (χ1n) is 8.11. The van der Waals surface area contributed by atoms with Crippen LogP contribution in [0.4, 0.5) is 14.6 Å². The Labute approximate surface area is 146 Å². The van der Waals surface area contributed by atoms with E-state index in [-0.39, 0.29) is 5.82 Å². The molecule has 0 fully saturated rings. The van der Waals surface area contributed by atoms with Crippen molar-refractivity contribution in [2.45, 2.75) is 12.5 Å². The second-order valence-corrected chi connectivity index (χ2v) is 6.07. The molecule has 0 amide bonds. The van der Waals surface area contributed by atoms with Crippen molar-refractivity contribution in [2.24, 2.45) is 0 Å². The van der Waals surface area contributed by atoms with Crippen LogP contribution in [0.3, 0.4) is 0 Å². The maximum absolute atomic E-state index is 14.1. The third kappa shape index (κ3) is 2.24. The Kier molecular flexibility index (Phi) is 3.21. The van der Waals surface area contributed by atoms with Crippen molar-refractivity contribution >= 4 is 11.3 Å². The molecular weight excluding hydrogens is 340 g/mol. The molecule has 5 rings (SSSR count). The molecule has 130 valence electrons. The van der Waals surface area contributed by atoms with Crippen molar-refractivity contribution < 1.29 is 8.78 Å². The van der Waals surface area contributed by atoms with Gasteiger partial charge in [0.1, 0.15) is 17.4 Å². The number of halogens is 2. The van der Waals surface area contributed by atoms with Gasteiger partial charge in [0.05, 0.1) is 30.1 Å². The Bertz CT molecular complexity index is 1100. The van der Waals surface area contributed by atoms with E-state index in [0.29, 0.717) is 30.0 Å². The Morgan fingerprint density at radius 3 is 3.00 bits per heavy atom. The molecule has 9 heteroatoms. The standard InChI is InChI=1S/C17H13F2N7/c18-10-2-1-4-26-13(10)6-12(24-26)17-16-11(21-9-22-16)3-5-25(17)15-8-20-7-14(19)23-15/h1-2,4,6-9,17H,3,5H2,(H,21,22)/t17-/m1/s1. The molecule has 1 aliphatic heterocycles. The van der Waals surface area contributed by atoms with Gasteiger partial charge in [-0.25, -0.2) is 13.9 Å². The van der Waals surface area contributed by atoms with Crippen LogP contribution in [0.15, 0.2) is 43.1 Å². The topological polar surface area (TPSA) is 75.0 Å². The number of rotatable bonds is 2. The average molecular weight is 353 g/mol. The van der Waals surface area contributed by atoms with Gasteiger partial charge in [0, 0.05) is 24.9 Å². The van der Waals surface area contributed by atoms with Crippen LogP contribution in [0.2, 0.25) is 0 Å². The highest BCUT2D eigenvalue weighted by Gasteiger charge is 2.34. The summed E-state index contributed by atoms with van der Waals surface area (Å²) in [5, 5.41) is 4.51. The van der Waals surface area contributed by atoms with Crippen LogP contribution >= 0.6 is 0 Å². The van der Waals surface area contributed by atoms with Gasteiger partial charge < -0.3 is 9.88 Å². The zero-order valence-corrected chi connectivity index (χ0v) is 13.5. The highest BCUT2D eigenvalue weighted by Crippen LogP contribution is 2.35. The van der Waals surface area contributed by atoms with Crippen LogP contribution in [-0.2, 0) is 6.42 Å². The zero-order chi connectivity index (χ0) is 17.7. The molecule has 0 saturated heterocycles. The number of hydrogen-bond donors (Lipinski definition) is 1.